The minimum atomic E-state index is 0. The SMILES string of the molecule is Cc1cc(C)c(C)c(OCCC(=O)NC2CCNC2)c1.Cl. The van der Waals surface area contributed by atoms with E-state index < -0.39 is 0 Å². The second-order valence-electron chi connectivity index (χ2n) is 5.56. The average molecular weight is 313 g/mol. The fourth-order valence-electron chi connectivity index (χ4n) is 2.48. The first-order valence-corrected chi connectivity index (χ1v) is 7.27. The molecule has 0 aromatic heterocycles. The molecule has 1 saturated heterocycles. The summed E-state index contributed by atoms with van der Waals surface area (Å²) in [6.45, 7) is 8.48. The quantitative estimate of drug-likeness (QED) is 0.877. The number of amides is 1. The van der Waals surface area contributed by atoms with Crippen LogP contribution in [-0.2, 0) is 4.79 Å². The molecule has 1 aliphatic rings. The van der Waals surface area contributed by atoms with Gasteiger partial charge in [0.2, 0.25) is 5.91 Å². The second kappa shape index (κ2) is 8.25. The minimum absolute atomic E-state index is 0. The summed E-state index contributed by atoms with van der Waals surface area (Å²) in [6.07, 6.45) is 1.42. The molecule has 2 N–H and O–H groups in total. The number of halogens is 1. The molecule has 1 aliphatic heterocycles. The molecule has 4 nitrogen and oxygen atoms in total. The molecule has 0 bridgehead atoms. The minimum Gasteiger partial charge on any atom is -0.493 e. The van der Waals surface area contributed by atoms with Crippen LogP contribution in [-0.4, -0.2) is 31.6 Å². The molecular weight excluding hydrogens is 288 g/mol. The average Bonchev–Trinajstić information content (AvgIpc) is 2.87. The van der Waals surface area contributed by atoms with Gasteiger partial charge in [0.05, 0.1) is 13.0 Å². The van der Waals surface area contributed by atoms with Crippen molar-refractivity contribution in [1.82, 2.24) is 10.6 Å². The first-order chi connectivity index (χ1) is 9.56. The molecule has 1 fully saturated rings. The van der Waals surface area contributed by atoms with E-state index in [1.165, 1.54) is 11.1 Å². The van der Waals surface area contributed by atoms with E-state index in [4.69, 9.17) is 4.74 Å². The number of rotatable bonds is 5. The van der Waals surface area contributed by atoms with Gasteiger partial charge in [0.25, 0.3) is 0 Å². The van der Waals surface area contributed by atoms with Crippen LogP contribution in [0.25, 0.3) is 0 Å². The summed E-state index contributed by atoms with van der Waals surface area (Å²) in [5, 5.41) is 6.25. The van der Waals surface area contributed by atoms with Crippen molar-refractivity contribution in [2.75, 3.05) is 19.7 Å². The molecule has 2 rings (SSSR count). The highest BCUT2D eigenvalue weighted by Crippen LogP contribution is 2.23. The molecular formula is C16H25ClN2O2. The third kappa shape index (κ3) is 5.21. The van der Waals surface area contributed by atoms with E-state index in [9.17, 15) is 4.79 Å². The van der Waals surface area contributed by atoms with E-state index in [0.29, 0.717) is 13.0 Å². The lowest BCUT2D eigenvalue weighted by atomic mass is 10.1. The molecule has 1 aromatic rings. The van der Waals surface area contributed by atoms with Crippen LogP contribution in [0.5, 0.6) is 5.75 Å². The van der Waals surface area contributed by atoms with E-state index >= 15 is 0 Å². The van der Waals surface area contributed by atoms with Gasteiger partial charge in [-0.15, -0.1) is 12.4 Å². The van der Waals surface area contributed by atoms with Crippen LogP contribution in [0.2, 0.25) is 0 Å². The zero-order chi connectivity index (χ0) is 14.5. The largest absolute Gasteiger partial charge is 0.493 e. The number of ether oxygens (including phenoxy) is 1. The Morgan fingerprint density at radius 1 is 1.38 bits per heavy atom. The van der Waals surface area contributed by atoms with Crippen LogP contribution < -0.4 is 15.4 Å². The summed E-state index contributed by atoms with van der Waals surface area (Å²) in [5.74, 6) is 0.957. The Hall–Kier alpha value is -1.26. The van der Waals surface area contributed by atoms with Crippen LogP contribution in [0.1, 0.15) is 29.5 Å². The maximum Gasteiger partial charge on any atom is 0.223 e. The second-order valence-corrected chi connectivity index (χ2v) is 5.56. The predicted octanol–water partition coefficient (Wildman–Crippen LogP) is 2.28. The molecule has 1 unspecified atom stereocenters. The van der Waals surface area contributed by atoms with Crippen molar-refractivity contribution in [2.45, 2.75) is 39.7 Å². The van der Waals surface area contributed by atoms with Crippen LogP contribution in [0, 0.1) is 20.8 Å². The van der Waals surface area contributed by atoms with Crippen molar-refractivity contribution < 1.29 is 9.53 Å². The highest BCUT2D eigenvalue weighted by molar-refractivity contribution is 5.85. The van der Waals surface area contributed by atoms with Crippen LogP contribution in [0.4, 0.5) is 0 Å². The normalized spacial score (nSPS) is 17.2. The molecule has 1 atom stereocenters. The van der Waals surface area contributed by atoms with Gasteiger partial charge in [-0.05, 0) is 56.5 Å². The van der Waals surface area contributed by atoms with Crippen molar-refractivity contribution >= 4 is 18.3 Å². The fourth-order valence-corrected chi connectivity index (χ4v) is 2.48. The Morgan fingerprint density at radius 3 is 2.81 bits per heavy atom. The Balaban J connectivity index is 0.00000220. The zero-order valence-electron chi connectivity index (χ0n) is 13.0. The lowest BCUT2D eigenvalue weighted by molar-refractivity contribution is -0.122. The third-order valence-corrected chi connectivity index (χ3v) is 3.78. The predicted molar refractivity (Wildman–Crippen MR) is 87.4 cm³/mol. The van der Waals surface area contributed by atoms with E-state index in [0.717, 1.165) is 30.8 Å². The highest BCUT2D eigenvalue weighted by atomic mass is 35.5. The topological polar surface area (TPSA) is 50.4 Å². The Labute approximate surface area is 133 Å². The van der Waals surface area contributed by atoms with Gasteiger partial charge in [-0.3, -0.25) is 4.79 Å². The van der Waals surface area contributed by atoms with Crippen LogP contribution >= 0.6 is 12.4 Å². The Morgan fingerprint density at radius 2 is 2.14 bits per heavy atom. The van der Waals surface area contributed by atoms with Gasteiger partial charge < -0.3 is 15.4 Å². The van der Waals surface area contributed by atoms with Gasteiger partial charge in [0.1, 0.15) is 5.75 Å². The summed E-state index contributed by atoms with van der Waals surface area (Å²) in [4.78, 5) is 11.8. The number of hydrogen-bond donors (Lipinski definition) is 2. The van der Waals surface area contributed by atoms with Crippen molar-refractivity contribution in [3.8, 4) is 5.75 Å². The van der Waals surface area contributed by atoms with Crippen molar-refractivity contribution in [1.29, 1.82) is 0 Å². The first-order valence-electron chi connectivity index (χ1n) is 7.27. The number of hydrogen-bond acceptors (Lipinski definition) is 3. The maximum absolute atomic E-state index is 11.8. The monoisotopic (exact) mass is 312 g/mol. The van der Waals surface area contributed by atoms with Gasteiger partial charge >= 0.3 is 0 Å². The maximum atomic E-state index is 11.8. The van der Waals surface area contributed by atoms with Gasteiger partial charge in [-0.1, -0.05) is 6.07 Å². The van der Waals surface area contributed by atoms with Crippen molar-refractivity contribution in [2.24, 2.45) is 0 Å². The van der Waals surface area contributed by atoms with Gasteiger partial charge in [-0.2, -0.15) is 0 Å². The lowest BCUT2D eigenvalue weighted by Crippen LogP contribution is -2.36. The van der Waals surface area contributed by atoms with Gasteiger partial charge in [0.15, 0.2) is 0 Å². The smallest absolute Gasteiger partial charge is 0.223 e. The zero-order valence-corrected chi connectivity index (χ0v) is 13.8. The van der Waals surface area contributed by atoms with Crippen LogP contribution in [0.3, 0.4) is 0 Å². The summed E-state index contributed by atoms with van der Waals surface area (Å²) >= 11 is 0. The lowest BCUT2D eigenvalue weighted by Gasteiger charge is -2.14. The summed E-state index contributed by atoms with van der Waals surface area (Å²) in [5.41, 5.74) is 3.56. The molecule has 0 saturated carbocycles. The Kier molecular flexibility index (Phi) is 6.99. The van der Waals surface area contributed by atoms with Crippen molar-refractivity contribution in [3.63, 3.8) is 0 Å². The molecule has 118 valence electrons. The van der Waals surface area contributed by atoms with E-state index in [2.05, 4.69) is 30.5 Å². The third-order valence-electron chi connectivity index (χ3n) is 3.78. The Bertz CT molecular complexity index is 485. The molecule has 5 heteroatoms. The van der Waals surface area contributed by atoms with E-state index in [1.54, 1.807) is 0 Å². The summed E-state index contributed by atoms with van der Waals surface area (Å²) < 4.78 is 5.76. The summed E-state index contributed by atoms with van der Waals surface area (Å²) in [7, 11) is 0. The number of nitrogens with one attached hydrogen (secondary N) is 2. The molecule has 0 aliphatic carbocycles. The summed E-state index contributed by atoms with van der Waals surface area (Å²) in [6, 6.07) is 4.45. The standard InChI is InChI=1S/C16H24N2O2.ClH/c1-11-8-12(2)13(3)15(9-11)20-7-5-16(19)18-14-4-6-17-10-14;/h8-9,14,17H,4-7,10H2,1-3H3,(H,18,19);1H. The van der Waals surface area contributed by atoms with Gasteiger partial charge in [0, 0.05) is 12.6 Å². The van der Waals surface area contributed by atoms with E-state index in [-0.39, 0.29) is 24.4 Å². The molecule has 0 spiro atoms. The first kappa shape index (κ1) is 17.8. The number of benzene rings is 1. The molecule has 1 amide bonds. The molecule has 1 aromatic carbocycles. The number of carbonyl (C=O) groups excluding carboxylic acids is 1. The molecule has 0 radical (unpaired) electrons. The highest BCUT2D eigenvalue weighted by Gasteiger charge is 2.16. The number of carbonyl (C=O) groups is 1. The van der Waals surface area contributed by atoms with Gasteiger partial charge in [-0.25, -0.2) is 0 Å². The van der Waals surface area contributed by atoms with E-state index in [1.807, 2.05) is 13.0 Å². The molecule has 1 heterocycles. The van der Waals surface area contributed by atoms with Crippen molar-refractivity contribution in [3.05, 3.63) is 28.8 Å². The fraction of sp³-hybridized carbons (Fsp3) is 0.562. The van der Waals surface area contributed by atoms with Crippen LogP contribution in [0.15, 0.2) is 12.1 Å². The molecule has 21 heavy (non-hydrogen) atoms. The number of aryl methyl sites for hydroxylation is 2.